The summed E-state index contributed by atoms with van der Waals surface area (Å²) in [4.78, 5) is 33.9. The Bertz CT molecular complexity index is 1530. The minimum atomic E-state index is -4.50. The molecule has 0 fully saturated rings. The highest BCUT2D eigenvalue weighted by atomic mass is 32.2. The molecule has 2 aromatic carbocycles. The number of amides is 1. The first-order valence-corrected chi connectivity index (χ1v) is 13.8. The van der Waals surface area contributed by atoms with Crippen LogP contribution in [0.25, 0.3) is 21.3 Å². The maximum Gasteiger partial charge on any atom is 0.416 e. The number of carbonyl (C=O) groups excluding carboxylic acids is 1. The topological polar surface area (TPSA) is 74.8 Å². The van der Waals surface area contributed by atoms with Crippen molar-refractivity contribution < 1.29 is 18.0 Å². The Morgan fingerprint density at radius 3 is 2.70 bits per heavy atom. The Morgan fingerprint density at radius 2 is 1.95 bits per heavy atom. The van der Waals surface area contributed by atoms with Crippen LogP contribution in [0.5, 0.6) is 0 Å². The molecule has 0 aliphatic heterocycles. The Kier molecular flexibility index (Phi) is 7.13. The molecule has 1 aliphatic rings. The molecule has 0 spiro atoms. The number of H-pyrrole nitrogens is 1. The largest absolute Gasteiger partial charge is 0.416 e. The first kappa shape index (κ1) is 25.5. The number of fused-ring (bicyclic) bond motifs is 2. The molecule has 5 rings (SSSR count). The van der Waals surface area contributed by atoms with Crippen molar-refractivity contribution in [2.45, 2.75) is 55.6 Å². The number of nitrogens with zero attached hydrogens (tertiary/aromatic N) is 1. The molecule has 5 nitrogen and oxygen atoms in total. The number of nitrogens with one attached hydrogen (secondary N) is 2. The number of hydrogen-bond acceptors (Lipinski definition) is 5. The quantitative estimate of drug-likeness (QED) is 0.202. The van der Waals surface area contributed by atoms with E-state index in [2.05, 4.69) is 33.5 Å². The zero-order chi connectivity index (χ0) is 26.2. The van der Waals surface area contributed by atoms with E-state index in [4.69, 9.17) is 0 Å². The van der Waals surface area contributed by atoms with Crippen molar-refractivity contribution in [3.63, 3.8) is 0 Å². The van der Waals surface area contributed by atoms with Gasteiger partial charge in [0.1, 0.15) is 4.83 Å². The van der Waals surface area contributed by atoms with Crippen LogP contribution < -0.4 is 10.9 Å². The molecule has 4 aromatic rings. The van der Waals surface area contributed by atoms with E-state index in [1.165, 1.54) is 47.4 Å². The van der Waals surface area contributed by atoms with Crippen LogP contribution in [0.15, 0.2) is 57.8 Å². The number of aromatic amines is 1. The van der Waals surface area contributed by atoms with Crippen LogP contribution in [0.4, 0.5) is 18.9 Å². The van der Waals surface area contributed by atoms with Gasteiger partial charge in [0, 0.05) is 16.6 Å². The molecule has 0 bridgehead atoms. The smallest absolute Gasteiger partial charge is 0.325 e. The van der Waals surface area contributed by atoms with Gasteiger partial charge in [-0.15, -0.1) is 11.3 Å². The normalized spacial score (nSPS) is 14.4. The lowest BCUT2D eigenvalue weighted by Crippen LogP contribution is -2.25. The number of halogens is 3. The monoisotopic (exact) mass is 543 g/mol. The third-order valence-electron chi connectivity index (χ3n) is 6.46. The third kappa shape index (κ3) is 5.45. The zero-order valence-corrected chi connectivity index (χ0v) is 21.6. The number of anilines is 1. The van der Waals surface area contributed by atoms with Crippen LogP contribution in [0.2, 0.25) is 0 Å². The van der Waals surface area contributed by atoms with E-state index in [0.717, 1.165) is 47.9 Å². The predicted molar refractivity (Wildman–Crippen MR) is 142 cm³/mol. The second-order valence-corrected chi connectivity index (χ2v) is 11.0. The average molecular weight is 544 g/mol. The molecule has 0 radical (unpaired) electrons. The van der Waals surface area contributed by atoms with Gasteiger partial charge in [0.05, 0.1) is 16.2 Å². The van der Waals surface area contributed by atoms with Crippen LogP contribution in [0.3, 0.4) is 0 Å². The van der Waals surface area contributed by atoms with Gasteiger partial charge in [-0.25, -0.2) is 4.98 Å². The number of aryl methyl sites for hydroxylation is 2. The standard InChI is InChI=1S/C27H24F3N3O2S2/c1-2-21(23(34)31-19-9-5-8-18(13-19)27(28,29)30)37-26-32-24(35)22-20(14-36-25(22)33-26)17-11-10-15-6-3-4-7-16(15)12-17/h5,8-14,21H,2-4,6-7H2,1H3,(H,31,34)(H,32,33,35). The lowest BCUT2D eigenvalue weighted by Gasteiger charge is -2.16. The summed E-state index contributed by atoms with van der Waals surface area (Å²) in [6.07, 6.45) is 0.390. The molecule has 2 heterocycles. The van der Waals surface area contributed by atoms with Crippen LogP contribution in [0, 0.1) is 0 Å². The van der Waals surface area contributed by atoms with Gasteiger partial charge in [-0.2, -0.15) is 13.2 Å². The first-order valence-electron chi connectivity index (χ1n) is 12.0. The Hall–Kier alpha value is -3.11. The lowest BCUT2D eigenvalue weighted by molar-refractivity contribution is -0.137. The molecule has 1 aliphatic carbocycles. The molecule has 192 valence electrons. The fourth-order valence-corrected chi connectivity index (χ4v) is 6.45. The molecule has 37 heavy (non-hydrogen) atoms. The summed E-state index contributed by atoms with van der Waals surface area (Å²) in [5.74, 6) is -0.463. The van der Waals surface area contributed by atoms with Gasteiger partial charge < -0.3 is 10.3 Å². The molecule has 0 saturated carbocycles. The highest BCUT2D eigenvalue weighted by Crippen LogP contribution is 2.35. The third-order valence-corrected chi connectivity index (χ3v) is 8.58. The number of carbonyl (C=O) groups is 1. The van der Waals surface area contributed by atoms with Gasteiger partial charge in [0.15, 0.2) is 5.16 Å². The van der Waals surface area contributed by atoms with E-state index >= 15 is 0 Å². The summed E-state index contributed by atoms with van der Waals surface area (Å²) < 4.78 is 39.0. The predicted octanol–water partition coefficient (Wildman–Crippen LogP) is 7.06. The molecule has 2 aromatic heterocycles. The fraction of sp³-hybridized carbons (Fsp3) is 0.296. The van der Waals surface area contributed by atoms with E-state index < -0.39 is 22.9 Å². The van der Waals surface area contributed by atoms with Crippen molar-refractivity contribution in [2.75, 3.05) is 5.32 Å². The summed E-state index contributed by atoms with van der Waals surface area (Å²) >= 11 is 2.46. The summed E-state index contributed by atoms with van der Waals surface area (Å²) in [5.41, 5.74) is 3.47. The van der Waals surface area contributed by atoms with Crippen LogP contribution in [-0.4, -0.2) is 21.1 Å². The van der Waals surface area contributed by atoms with Gasteiger partial charge in [0.2, 0.25) is 5.91 Å². The SMILES string of the molecule is CCC(Sc1nc2scc(-c3ccc4c(c3)CCCC4)c2c(=O)[nH]1)C(=O)Nc1cccc(C(F)(F)F)c1. The van der Waals surface area contributed by atoms with Gasteiger partial charge >= 0.3 is 6.18 Å². The summed E-state index contributed by atoms with van der Waals surface area (Å²) in [6, 6.07) is 10.9. The molecular weight excluding hydrogens is 519 g/mol. The van der Waals surface area contributed by atoms with E-state index in [1.807, 2.05) is 5.38 Å². The molecule has 1 amide bonds. The molecule has 1 unspecified atom stereocenters. The molecule has 2 N–H and O–H groups in total. The van der Waals surface area contributed by atoms with Crippen LogP contribution >= 0.6 is 23.1 Å². The average Bonchev–Trinajstić information content (AvgIpc) is 3.31. The van der Waals surface area contributed by atoms with Crippen molar-refractivity contribution in [3.8, 4) is 11.1 Å². The summed E-state index contributed by atoms with van der Waals surface area (Å²) in [6.45, 7) is 1.79. The summed E-state index contributed by atoms with van der Waals surface area (Å²) in [7, 11) is 0. The fourth-order valence-electron chi connectivity index (χ4n) is 4.55. The second-order valence-electron chi connectivity index (χ2n) is 8.97. The van der Waals surface area contributed by atoms with Gasteiger partial charge in [-0.1, -0.05) is 43.0 Å². The minimum Gasteiger partial charge on any atom is -0.325 e. The number of rotatable bonds is 6. The number of alkyl halides is 3. The van der Waals surface area contributed by atoms with Crippen LogP contribution in [0.1, 0.15) is 42.9 Å². The first-order chi connectivity index (χ1) is 17.7. The van der Waals surface area contributed by atoms with E-state index in [-0.39, 0.29) is 11.2 Å². The highest BCUT2D eigenvalue weighted by Gasteiger charge is 2.31. The molecular formula is C27H24F3N3O2S2. The molecule has 10 heteroatoms. The maximum absolute atomic E-state index is 13.1. The number of thioether (sulfide) groups is 1. The second kappa shape index (κ2) is 10.3. The van der Waals surface area contributed by atoms with Crippen molar-refractivity contribution in [3.05, 3.63) is 74.9 Å². The minimum absolute atomic E-state index is 0.0590. The lowest BCUT2D eigenvalue weighted by atomic mass is 9.89. The van der Waals surface area contributed by atoms with E-state index in [1.54, 1.807) is 6.92 Å². The van der Waals surface area contributed by atoms with Gasteiger partial charge in [-0.05, 0) is 67.0 Å². The zero-order valence-electron chi connectivity index (χ0n) is 19.9. The number of thiophene rings is 1. The van der Waals surface area contributed by atoms with Gasteiger partial charge in [-0.3, -0.25) is 9.59 Å². The number of aromatic nitrogens is 2. The maximum atomic E-state index is 13.1. The van der Waals surface area contributed by atoms with Crippen molar-refractivity contribution in [1.82, 2.24) is 9.97 Å². The Balaban J connectivity index is 1.37. The van der Waals surface area contributed by atoms with Crippen molar-refractivity contribution in [2.24, 2.45) is 0 Å². The highest BCUT2D eigenvalue weighted by molar-refractivity contribution is 8.00. The van der Waals surface area contributed by atoms with Crippen LogP contribution in [-0.2, 0) is 23.8 Å². The van der Waals surface area contributed by atoms with Gasteiger partial charge in [0.25, 0.3) is 5.56 Å². The Labute approximate surface area is 219 Å². The molecule has 0 saturated heterocycles. The van der Waals surface area contributed by atoms with E-state index in [0.29, 0.717) is 21.8 Å². The summed E-state index contributed by atoms with van der Waals surface area (Å²) in [5, 5.41) is 4.64. The molecule has 1 atom stereocenters. The number of benzene rings is 2. The van der Waals surface area contributed by atoms with Crippen molar-refractivity contribution >= 4 is 44.9 Å². The van der Waals surface area contributed by atoms with Crippen molar-refractivity contribution in [1.29, 1.82) is 0 Å². The Morgan fingerprint density at radius 1 is 1.16 bits per heavy atom. The number of hydrogen-bond donors (Lipinski definition) is 2. The van der Waals surface area contributed by atoms with E-state index in [9.17, 15) is 22.8 Å².